The van der Waals surface area contributed by atoms with E-state index < -0.39 is 0 Å². The number of nitrogens with two attached hydrogens (primary N) is 1. The standard InChI is InChI=1S/C11H20N2O/c12-11(14)9-5-2-6-13-10(9)7-8-3-1-4-8/h8-10,13H,1-7H2,(H2,12,14). The molecule has 14 heavy (non-hydrogen) atoms. The van der Waals surface area contributed by atoms with Gasteiger partial charge >= 0.3 is 0 Å². The second-order valence-electron chi connectivity index (χ2n) is 4.74. The molecule has 0 aromatic carbocycles. The fraction of sp³-hybridized carbons (Fsp3) is 0.909. The number of carbonyl (C=O) groups excluding carboxylic acids is 1. The van der Waals surface area contributed by atoms with Crippen LogP contribution in [0.5, 0.6) is 0 Å². The maximum Gasteiger partial charge on any atom is 0.222 e. The third-order valence-electron chi connectivity index (χ3n) is 3.76. The first-order chi connectivity index (χ1) is 6.77. The Bertz CT molecular complexity index is 213. The SMILES string of the molecule is NC(=O)C1CCCNC1CC1CCC1. The molecule has 3 nitrogen and oxygen atoms in total. The van der Waals surface area contributed by atoms with E-state index in [1.807, 2.05) is 0 Å². The molecule has 1 saturated heterocycles. The van der Waals surface area contributed by atoms with Gasteiger partial charge in [0.15, 0.2) is 0 Å². The molecule has 0 aromatic heterocycles. The fourth-order valence-corrected chi connectivity index (χ4v) is 2.63. The van der Waals surface area contributed by atoms with Crippen molar-refractivity contribution in [2.75, 3.05) is 6.54 Å². The van der Waals surface area contributed by atoms with Crippen LogP contribution in [0.15, 0.2) is 0 Å². The molecule has 3 heteroatoms. The quantitative estimate of drug-likeness (QED) is 0.708. The van der Waals surface area contributed by atoms with Gasteiger partial charge in [-0.05, 0) is 31.7 Å². The van der Waals surface area contributed by atoms with Crippen molar-refractivity contribution in [3.8, 4) is 0 Å². The second kappa shape index (κ2) is 4.30. The molecule has 0 bridgehead atoms. The molecule has 1 aliphatic carbocycles. The lowest BCUT2D eigenvalue weighted by molar-refractivity contribution is -0.123. The highest BCUT2D eigenvalue weighted by molar-refractivity contribution is 5.77. The molecule has 2 fully saturated rings. The summed E-state index contributed by atoms with van der Waals surface area (Å²) in [4.78, 5) is 11.2. The van der Waals surface area contributed by atoms with Gasteiger partial charge < -0.3 is 11.1 Å². The topological polar surface area (TPSA) is 55.1 Å². The summed E-state index contributed by atoms with van der Waals surface area (Å²) in [7, 11) is 0. The average Bonchev–Trinajstić information content (AvgIpc) is 2.12. The zero-order valence-electron chi connectivity index (χ0n) is 8.67. The lowest BCUT2D eigenvalue weighted by Gasteiger charge is -2.36. The lowest BCUT2D eigenvalue weighted by atomic mass is 9.76. The molecule has 2 aliphatic rings. The molecule has 0 aromatic rings. The summed E-state index contributed by atoms with van der Waals surface area (Å²) >= 11 is 0. The van der Waals surface area contributed by atoms with Crippen LogP contribution in [0.1, 0.15) is 38.5 Å². The summed E-state index contributed by atoms with van der Waals surface area (Å²) in [5, 5.41) is 3.45. The van der Waals surface area contributed by atoms with Crippen LogP contribution in [-0.2, 0) is 4.79 Å². The van der Waals surface area contributed by atoms with Crippen LogP contribution >= 0.6 is 0 Å². The highest BCUT2D eigenvalue weighted by atomic mass is 16.1. The fourth-order valence-electron chi connectivity index (χ4n) is 2.63. The van der Waals surface area contributed by atoms with Crippen molar-refractivity contribution >= 4 is 5.91 Å². The molecule has 1 saturated carbocycles. The summed E-state index contributed by atoms with van der Waals surface area (Å²) < 4.78 is 0. The van der Waals surface area contributed by atoms with E-state index in [2.05, 4.69) is 5.32 Å². The number of piperidine rings is 1. The highest BCUT2D eigenvalue weighted by Gasteiger charge is 2.32. The normalized spacial score (nSPS) is 33.7. The summed E-state index contributed by atoms with van der Waals surface area (Å²) in [6, 6.07) is 0.367. The van der Waals surface area contributed by atoms with Gasteiger partial charge in [0.25, 0.3) is 0 Å². The zero-order valence-corrected chi connectivity index (χ0v) is 8.67. The number of carbonyl (C=O) groups is 1. The first-order valence-corrected chi connectivity index (χ1v) is 5.80. The van der Waals surface area contributed by atoms with Crippen molar-refractivity contribution in [2.45, 2.75) is 44.6 Å². The van der Waals surface area contributed by atoms with Crippen LogP contribution in [-0.4, -0.2) is 18.5 Å². The molecule has 1 heterocycles. The van der Waals surface area contributed by atoms with Crippen molar-refractivity contribution in [1.82, 2.24) is 5.32 Å². The second-order valence-corrected chi connectivity index (χ2v) is 4.74. The summed E-state index contributed by atoms with van der Waals surface area (Å²) in [6.07, 6.45) is 7.31. The highest BCUT2D eigenvalue weighted by Crippen LogP contribution is 2.33. The number of primary amides is 1. The van der Waals surface area contributed by atoms with E-state index in [-0.39, 0.29) is 11.8 Å². The van der Waals surface area contributed by atoms with E-state index in [1.165, 1.54) is 19.3 Å². The molecular formula is C11H20N2O. The molecule has 0 radical (unpaired) electrons. The van der Waals surface area contributed by atoms with Crippen molar-refractivity contribution in [3.05, 3.63) is 0 Å². The van der Waals surface area contributed by atoms with Gasteiger partial charge in [0.1, 0.15) is 0 Å². The van der Waals surface area contributed by atoms with Crippen molar-refractivity contribution < 1.29 is 4.79 Å². The van der Waals surface area contributed by atoms with Crippen LogP contribution in [0.25, 0.3) is 0 Å². The molecule has 3 N–H and O–H groups in total. The van der Waals surface area contributed by atoms with Crippen molar-refractivity contribution in [3.63, 3.8) is 0 Å². The third-order valence-corrected chi connectivity index (χ3v) is 3.76. The Balaban J connectivity index is 1.88. The smallest absolute Gasteiger partial charge is 0.222 e. The van der Waals surface area contributed by atoms with E-state index in [0.29, 0.717) is 6.04 Å². The minimum atomic E-state index is -0.110. The Kier molecular flexibility index (Phi) is 3.06. The first kappa shape index (κ1) is 9.97. The van der Waals surface area contributed by atoms with Gasteiger partial charge in [0.05, 0.1) is 5.92 Å². The van der Waals surface area contributed by atoms with E-state index in [0.717, 1.165) is 31.7 Å². The van der Waals surface area contributed by atoms with E-state index >= 15 is 0 Å². The van der Waals surface area contributed by atoms with Crippen LogP contribution in [0.2, 0.25) is 0 Å². The Morgan fingerprint density at radius 3 is 2.64 bits per heavy atom. The van der Waals surface area contributed by atoms with Crippen molar-refractivity contribution in [2.24, 2.45) is 17.6 Å². The summed E-state index contributed by atoms with van der Waals surface area (Å²) in [5.74, 6) is 0.832. The van der Waals surface area contributed by atoms with Crippen LogP contribution in [0, 0.1) is 11.8 Å². The zero-order chi connectivity index (χ0) is 9.97. The predicted octanol–water partition coefficient (Wildman–Crippen LogP) is 1.03. The molecular weight excluding hydrogens is 176 g/mol. The number of nitrogens with one attached hydrogen (secondary N) is 1. The van der Waals surface area contributed by atoms with Crippen LogP contribution in [0.3, 0.4) is 0 Å². The number of rotatable bonds is 3. The number of hydrogen-bond donors (Lipinski definition) is 2. The van der Waals surface area contributed by atoms with Gasteiger partial charge in [-0.3, -0.25) is 4.79 Å². The molecule has 2 unspecified atom stereocenters. The minimum absolute atomic E-state index is 0.0874. The maximum atomic E-state index is 11.2. The van der Waals surface area contributed by atoms with Crippen molar-refractivity contribution in [1.29, 1.82) is 0 Å². The van der Waals surface area contributed by atoms with Gasteiger partial charge in [0.2, 0.25) is 5.91 Å². The summed E-state index contributed by atoms with van der Waals surface area (Å²) in [6.45, 7) is 1.06. The van der Waals surface area contributed by atoms with E-state index in [1.54, 1.807) is 0 Å². The number of amides is 1. The maximum absolute atomic E-state index is 11.2. The largest absolute Gasteiger partial charge is 0.369 e. The van der Waals surface area contributed by atoms with Gasteiger partial charge in [-0.15, -0.1) is 0 Å². The first-order valence-electron chi connectivity index (χ1n) is 5.80. The molecule has 1 amide bonds. The van der Waals surface area contributed by atoms with Gasteiger partial charge in [-0.1, -0.05) is 19.3 Å². The molecule has 2 atom stereocenters. The van der Waals surface area contributed by atoms with Gasteiger partial charge in [0, 0.05) is 6.04 Å². The monoisotopic (exact) mass is 196 g/mol. The van der Waals surface area contributed by atoms with Crippen LogP contribution < -0.4 is 11.1 Å². The third kappa shape index (κ3) is 2.08. The molecule has 0 spiro atoms. The Morgan fingerprint density at radius 2 is 2.07 bits per heavy atom. The van der Waals surface area contributed by atoms with E-state index in [9.17, 15) is 4.79 Å². The van der Waals surface area contributed by atoms with Gasteiger partial charge in [-0.25, -0.2) is 0 Å². The minimum Gasteiger partial charge on any atom is -0.369 e. The Labute approximate surface area is 85.4 Å². The molecule has 80 valence electrons. The Morgan fingerprint density at radius 1 is 1.29 bits per heavy atom. The van der Waals surface area contributed by atoms with Gasteiger partial charge in [-0.2, -0.15) is 0 Å². The number of hydrogen-bond acceptors (Lipinski definition) is 2. The summed E-state index contributed by atoms with van der Waals surface area (Å²) in [5.41, 5.74) is 5.41. The Hall–Kier alpha value is -0.570. The lowest BCUT2D eigenvalue weighted by Crippen LogP contribution is -2.48. The average molecular weight is 196 g/mol. The van der Waals surface area contributed by atoms with E-state index in [4.69, 9.17) is 5.73 Å². The predicted molar refractivity (Wildman–Crippen MR) is 55.7 cm³/mol. The molecule has 1 aliphatic heterocycles. The van der Waals surface area contributed by atoms with Crippen LogP contribution in [0.4, 0.5) is 0 Å². The molecule has 2 rings (SSSR count).